The standard InChI is InChI=1S/C38H62N6O8/c1-23(2)27(22-24(3)33(48)41-26(36(51)52)16-17-28(45)40-20-21-44-29(46)18-19-30(44)47)43(10)35(50)32(37(4,5)6)42-34(49)31(39-9)38(7,8)25-14-12-11-13-15-25/h18-19,22-23,25-27,31-32,39H,11-17,20-21H2,1-10H3,(H,40,45)(H,41,48)(H,42,49)(H,51,52)/b24-22+/t26-,27-,31-,32?/m1/s1. The van der Waals surface area contributed by atoms with Crippen LogP contribution in [0.25, 0.3) is 0 Å². The van der Waals surface area contributed by atoms with E-state index in [4.69, 9.17) is 0 Å². The van der Waals surface area contributed by atoms with Crippen LogP contribution in [-0.4, -0.2) is 108 Å². The van der Waals surface area contributed by atoms with E-state index < -0.39 is 59.2 Å². The van der Waals surface area contributed by atoms with Crippen molar-refractivity contribution in [1.82, 2.24) is 31.1 Å². The summed E-state index contributed by atoms with van der Waals surface area (Å²) in [6.07, 6.45) is 9.08. The van der Waals surface area contributed by atoms with Crippen LogP contribution in [0.4, 0.5) is 0 Å². The molecule has 0 bridgehead atoms. The van der Waals surface area contributed by atoms with Crippen LogP contribution in [0.3, 0.4) is 0 Å². The number of amides is 6. The van der Waals surface area contributed by atoms with Crippen molar-refractivity contribution in [2.45, 2.75) is 125 Å². The lowest BCUT2D eigenvalue weighted by molar-refractivity contribution is -0.142. The molecule has 1 heterocycles. The van der Waals surface area contributed by atoms with Crippen molar-refractivity contribution < 1.29 is 38.7 Å². The summed E-state index contributed by atoms with van der Waals surface area (Å²) >= 11 is 0. The number of carboxylic acid groups (broad SMARTS) is 1. The fraction of sp³-hybridized carbons (Fsp3) is 0.711. The molecule has 0 spiro atoms. The first-order valence-corrected chi connectivity index (χ1v) is 18.4. The molecule has 1 aliphatic heterocycles. The summed E-state index contributed by atoms with van der Waals surface area (Å²) in [5.74, 6) is -3.77. The normalized spacial score (nSPS) is 18.1. The van der Waals surface area contributed by atoms with E-state index in [-0.39, 0.29) is 54.7 Å². The monoisotopic (exact) mass is 730 g/mol. The molecule has 52 heavy (non-hydrogen) atoms. The van der Waals surface area contributed by atoms with Gasteiger partial charge < -0.3 is 31.3 Å². The fourth-order valence-electron chi connectivity index (χ4n) is 7.08. The molecule has 2 aliphatic rings. The van der Waals surface area contributed by atoms with Gasteiger partial charge in [-0.05, 0) is 55.9 Å². The van der Waals surface area contributed by atoms with Gasteiger partial charge in [-0.2, -0.15) is 0 Å². The van der Waals surface area contributed by atoms with Crippen LogP contribution in [0.2, 0.25) is 0 Å². The highest BCUT2D eigenvalue weighted by Gasteiger charge is 2.44. The Morgan fingerprint density at radius 3 is 2.04 bits per heavy atom. The first-order valence-electron chi connectivity index (χ1n) is 18.4. The second-order valence-electron chi connectivity index (χ2n) is 16.1. The summed E-state index contributed by atoms with van der Waals surface area (Å²) in [7, 11) is 3.40. The molecule has 292 valence electrons. The van der Waals surface area contributed by atoms with Crippen LogP contribution in [0.5, 0.6) is 0 Å². The molecular formula is C38H62N6O8. The highest BCUT2D eigenvalue weighted by Crippen LogP contribution is 2.41. The van der Waals surface area contributed by atoms with Gasteiger partial charge in [0.1, 0.15) is 12.1 Å². The third-order valence-electron chi connectivity index (χ3n) is 10.4. The van der Waals surface area contributed by atoms with Gasteiger partial charge in [0.05, 0.1) is 12.1 Å². The number of carbonyl (C=O) groups excluding carboxylic acids is 6. The van der Waals surface area contributed by atoms with Crippen LogP contribution in [0, 0.1) is 22.7 Å². The van der Waals surface area contributed by atoms with Gasteiger partial charge in [-0.3, -0.25) is 33.7 Å². The fourth-order valence-corrected chi connectivity index (χ4v) is 7.08. The summed E-state index contributed by atoms with van der Waals surface area (Å²) in [6.45, 7) is 15.2. The molecule has 2 rings (SSSR count). The zero-order valence-corrected chi connectivity index (χ0v) is 32.8. The van der Waals surface area contributed by atoms with E-state index in [0.29, 0.717) is 5.92 Å². The van der Waals surface area contributed by atoms with Gasteiger partial charge in [-0.15, -0.1) is 0 Å². The van der Waals surface area contributed by atoms with E-state index in [1.807, 2.05) is 34.6 Å². The van der Waals surface area contributed by atoms with Crippen LogP contribution in [0.15, 0.2) is 23.8 Å². The lowest BCUT2D eigenvalue weighted by Crippen LogP contribution is -2.61. The Hall–Kier alpha value is -4.07. The maximum atomic E-state index is 14.2. The molecule has 0 aromatic rings. The smallest absolute Gasteiger partial charge is 0.326 e. The lowest BCUT2D eigenvalue weighted by Gasteiger charge is -2.43. The van der Waals surface area contributed by atoms with Crippen molar-refractivity contribution in [1.29, 1.82) is 0 Å². The molecule has 14 heteroatoms. The number of carbonyl (C=O) groups is 7. The van der Waals surface area contributed by atoms with E-state index in [9.17, 15) is 38.7 Å². The summed E-state index contributed by atoms with van der Waals surface area (Å²) in [4.78, 5) is 91.5. The average Bonchev–Trinajstić information content (AvgIpc) is 3.39. The topological polar surface area (TPSA) is 194 Å². The van der Waals surface area contributed by atoms with Crippen LogP contribution in [-0.2, 0) is 33.6 Å². The summed E-state index contributed by atoms with van der Waals surface area (Å²) in [6, 6.07) is -3.33. The number of carboxylic acids is 1. The first kappa shape index (κ1) is 44.1. The minimum absolute atomic E-state index is 0.00103. The number of nitrogens with one attached hydrogen (secondary N) is 4. The molecule has 0 aromatic carbocycles. The van der Waals surface area contributed by atoms with Gasteiger partial charge in [0.15, 0.2) is 0 Å². The number of aliphatic carboxylic acids is 1. The molecule has 1 saturated carbocycles. The second-order valence-corrected chi connectivity index (χ2v) is 16.1. The summed E-state index contributed by atoms with van der Waals surface area (Å²) < 4.78 is 0. The van der Waals surface area contributed by atoms with E-state index in [0.717, 1.165) is 42.7 Å². The van der Waals surface area contributed by atoms with E-state index >= 15 is 0 Å². The van der Waals surface area contributed by atoms with Crippen molar-refractivity contribution >= 4 is 41.4 Å². The highest BCUT2D eigenvalue weighted by atomic mass is 16.4. The number of nitrogens with zero attached hydrogens (tertiary/aromatic N) is 2. The molecule has 14 nitrogen and oxygen atoms in total. The first-order chi connectivity index (χ1) is 24.1. The van der Waals surface area contributed by atoms with Gasteiger partial charge in [-0.1, -0.05) is 73.8 Å². The van der Waals surface area contributed by atoms with E-state index in [2.05, 4.69) is 35.1 Å². The van der Waals surface area contributed by atoms with Crippen molar-refractivity contribution in [3.63, 3.8) is 0 Å². The summed E-state index contributed by atoms with van der Waals surface area (Å²) in [5.41, 5.74) is -0.799. The Kier molecular flexibility index (Phi) is 16.2. The molecule has 1 aliphatic carbocycles. The van der Waals surface area contributed by atoms with Gasteiger partial charge in [-0.25, -0.2) is 4.79 Å². The third kappa shape index (κ3) is 12.0. The molecule has 4 atom stereocenters. The molecule has 6 amide bonds. The number of hydrogen-bond donors (Lipinski definition) is 5. The van der Waals surface area contributed by atoms with Gasteiger partial charge in [0.25, 0.3) is 11.8 Å². The van der Waals surface area contributed by atoms with Crippen molar-refractivity contribution in [2.75, 3.05) is 27.2 Å². The predicted octanol–water partition coefficient (Wildman–Crippen LogP) is 2.53. The number of rotatable bonds is 18. The van der Waals surface area contributed by atoms with Crippen LogP contribution < -0.4 is 21.3 Å². The SMILES string of the molecule is CN[C@H](C(=O)NC(C(=O)N(C)[C@H](/C=C(\C)C(=O)N[C@H](CCC(=O)NCCN1C(=O)C=CC1=O)C(=O)O)C(C)C)C(C)(C)C)C(C)(C)C1CCCCC1. The number of hydrogen-bond acceptors (Lipinski definition) is 8. The highest BCUT2D eigenvalue weighted by molar-refractivity contribution is 6.12. The van der Waals surface area contributed by atoms with Crippen LogP contribution >= 0.6 is 0 Å². The number of likely N-dealkylation sites (N-methyl/N-ethyl adjacent to an activating group) is 2. The molecule has 1 fully saturated rings. The Bertz CT molecular complexity index is 1370. The lowest BCUT2D eigenvalue weighted by atomic mass is 9.66. The molecule has 0 saturated heterocycles. The van der Waals surface area contributed by atoms with Crippen molar-refractivity contribution in [3.8, 4) is 0 Å². The Balaban J connectivity index is 2.12. The Labute approximate surface area is 308 Å². The van der Waals surface area contributed by atoms with Crippen molar-refractivity contribution in [3.05, 3.63) is 23.8 Å². The maximum Gasteiger partial charge on any atom is 0.326 e. The van der Waals surface area contributed by atoms with E-state index in [1.165, 1.54) is 18.2 Å². The Morgan fingerprint density at radius 2 is 1.54 bits per heavy atom. The summed E-state index contributed by atoms with van der Waals surface area (Å²) in [5, 5.41) is 21.1. The largest absolute Gasteiger partial charge is 0.480 e. The molecule has 1 unspecified atom stereocenters. The zero-order chi connectivity index (χ0) is 39.6. The zero-order valence-electron chi connectivity index (χ0n) is 32.8. The molecule has 0 aromatic heterocycles. The average molecular weight is 731 g/mol. The van der Waals surface area contributed by atoms with Gasteiger partial charge in [0.2, 0.25) is 23.6 Å². The van der Waals surface area contributed by atoms with Gasteiger partial charge >= 0.3 is 5.97 Å². The number of imide groups is 1. The van der Waals surface area contributed by atoms with Crippen LogP contribution in [0.1, 0.15) is 100 Å². The Morgan fingerprint density at radius 1 is 0.962 bits per heavy atom. The van der Waals surface area contributed by atoms with Gasteiger partial charge in [0, 0.05) is 44.3 Å². The molecule has 5 N–H and O–H groups in total. The van der Waals surface area contributed by atoms with Crippen molar-refractivity contribution in [2.24, 2.45) is 22.7 Å². The van der Waals surface area contributed by atoms with E-state index in [1.54, 1.807) is 20.2 Å². The predicted molar refractivity (Wildman–Crippen MR) is 197 cm³/mol. The third-order valence-corrected chi connectivity index (χ3v) is 10.4. The quantitative estimate of drug-likeness (QED) is 0.104. The maximum absolute atomic E-state index is 14.2. The molecule has 0 radical (unpaired) electrons. The second kappa shape index (κ2) is 19.1. The minimum atomic E-state index is -1.37. The molecular weight excluding hydrogens is 668 g/mol. The minimum Gasteiger partial charge on any atom is -0.480 e.